The van der Waals surface area contributed by atoms with E-state index in [4.69, 9.17) is 10.6 Å². The van der Waals surface area contributed by atoms with Crippen LogP contribution in [0.25, 0.3) is 11.3 Å². The molecule has 6 rings (SSSR count). The number of carboxylic acids is 2. The number of aliphatic carboxylic acids is 1. The van der Waals surface area contributed by atoms with Crippen LogP contribution < -0.4 is 80.4 Å². The van der Waals surface area contributed by atoms with E-state index in [2.05, 4.69) is 30.4 Å². The number of carbonyl (C=O) groups excluding carboxylic acids is 4. The van der Waals surface area contributed by atoms with Crippen molar-refractivity contribution >= 4 is 80.8 Å². The van der Waals surface area contributed by atoms with Gasteiger partial charge in [0.2, 0.25) is 0 Å². The molecular formula is C27H21N9Na2O7S4. The number of carbonyl (C=O) groups is 4. The molecule has 2 atom stereocenters. The topological polar surface area (TPSA) is 234 Å². The number of thioether (sulfide) groups is 2. The van der Waals surface area contributed by atoms with Gasteiger partial charge in [-0.1, -0.05) is 16.9 Å². The monoisotopic (exact) mass is 757 g/mol. The number of pyridine rings is 1. The molecule has 4 aromatic rings. The summed E-state index contributed by atoms with van der Waals surface area (Å²) in [5, 5.41) is 31.4. The van der Waals surface area contributed by atoms with Crippen molar-refractivity contribution in [3.05, 3.63) is 70.0 Å². The van der Waals surface area contributed by atoms with Gasteiger partial charge in [0.15, 0.2) is 15.2 Å². The van der Waals surface area contributed by atoms with Crippen LogP contribution in [0, 0.1) is 0 Å². The van der Waals surface area contributed by atoms with Crippen LogP contribution in [0.15, 0.2) is 63.2 Å². The number of hydrogen-bond donors (Lipinski definition) is 2. The van der Waals surface area contributed by atoms with Crippen LogP contribution in [0.1, 0.15) is 21.1 Å². The number of fused-ring (bicyclic) bond motifs is 1. The number of rotatable bonds is 12. The van der Waals surface area contributed by atoms with Crippen LogP contribution in [0.2, 0.25) is 0 Å². The van der Waals surface area contributed by atoms with Crippen molar-refractivity contribution in [1.29, 1.82) is 0 Å². The average Bonchev–Trinajstić information content (AvgIpc) is 3.81. The number of hydrogen-bond acceptors (Lipinski definition) is 17. The molecule has 1 fully saturated rings. The van der Waals surface area contributed by atoms with E-state index in [0.717, 1.165) is 44.9 Å². The predicted molar refractivity (Wildman–Crippen MR) is 169 cm³/mol. The van der Waals surface area contributed by atoms with Crippen molar-refractivity contribution < 1.29 is 93.3 Å². The molecule has 6 heterocycles. The summed E-state index contributed by atoms with van der Waals surface area (Å²) in [6.45, 7) is 0.111. The number of thiazole rings is 2. The summed E-state index contributed by atoms with van der Waals surface area (Å²) < 4.78 is 2.06. The fourth-order valence-corrected chi connectivity index (χ4v) is 8.81. The quantitative estimate of drug-likeness (QED) is 0.0450. The van der Waals surface area contributed by atoms with E-state index in [9.17, 15) is 29.4 Å². The van der Waals surface area contributed by atoms with Crippen LogP contribution in [0.4, 0.5) is 5.13 Å². The summed E-state index contributed by atoms with van der Waals surface area (Å²) >= 11 is 4.39. The second-order valence-electron chi connectivity index (χ2n) is 9.80. The molecule has 0 saturated carbocycles. The van der Waals surface area contributed by atoms with E-state index in [0.29, 0.717) is 15.6 Å². The van der Waals surface area contributed by atoms with Crippen molar-refractivity contribution in [2.24, 2.45) is 5.16 Å². The van der Waals surface area contributed by atoms with E-state index in [-0.39, 0.29) is 110 Å². The third-order valence-electron chi connectivity index (χ3n) is 6.85. The fourth-order valence-electron chi connectivity index (χ4n) is 4.77. The molecule has 1 saturated heterocycles. The molecule has 22 heteroatoms. The van der Waals surface area contributed by atoms with Crippen molar-refractivity contribution in [2.75, 3.05) is 24.3 Å². The number of nitrogens with two attached hydrogens (primary N) is 1. The molecule has 0 aliphatic carbocycles. The number of carboxylic acid groups (broad SMARTS) is 2. The van der Waals surface area contributed by atoms with Crippen LogP contribution in [0.5, 0.6) is 0 Å². The van der Waals surface area contributed by atoms with Gasteiger partial charge in [-0.3, -0.25) is 19.5 Å². The summed E-state index contributed by atoms with van der Waals surface area (Å²) in [5.74, 6) is -4.04. The standard InChI is InChI=1S/C27H23N9O7S4.2Na/c1-43-34-17(16-10-45-26(28)31-16)21(37)33-18-22(38)36-19(24(39)40)13(8-44-23(18)36)9-46-27-32-15(20(47-27)25(41)42)7-35-6-14(30-11-35)12-3-2-4-29-5-12;;/h2-6,10-11,18,23H,7-9H2,1H3,(H2,28,31)(H,33,37)(H,39,40)(H,41,42);;/q;2*+1/p-2/b34-17+;;/t18-,23-;;/m1../s1. The van der Waals surface area contributed by atoms with E-state index < -0.39 is 35.2 Å². The maximum Gasteiger partial charge on any atom is 1.00 e. The van der Waals surface area contributed by atoms with Gasteiger partial charge in [0.1, 0.15) is 24.2 Å². The first-order valence-electron chi connectivity index (χ1n) is 13.4. The van der Waals surface area contributed by atoms with Crippen molar-refractivity contribution in [2.45, 2.75) is 22.3 Å². The number of aromatic nitrogens is 5. The van der Waals surface area contributed by atoms with Gasteiger partial charge >= 0.3 is 59.1 Å². The second kappa shape index (κ2) is 16.9. The molecule has 0 unspecified atom stereocenters. The number of nitrogen functional groups attached to an aromatic ring is 1. The Labute approximate surface area is 338 Å². The van der Waals surface area contributed by atoms with E-state index in [1.54, 1.807) is 35.6 Å². The third kappa shape index (κ3) is 8.41. The maximum absolute atomic E-state index is 13.1. The smallest absolute Gasteiger partial charge is 0.544 e. The van der Waals surface area contributed by atoms with Gasteiger partial charge in [-0.15, -0.1) is 34.4 Å². The molecule has 4 aromatic heterocycles. The maximum atomic E-state index is 13.1. The Morgan fingerprint density at radius 1 is 1.22 bits per heavy atom. The Hall–Kier alpha value is -2.79. The third-order valence-corrected chi connectivity index (χ3v) is 11.2. The van der Waals surface area contributed by atoms with Gasteiger partial charge in [-0.25, -0.2) is 15.0 Å². The van der Waals surface area contributed by atoms with Crippen LogP contribution >= 0.6 is 46.2 Å². The molecule has 3 N–H and O–H groups in total. The zero-order chi connectivity index (χ0) is 33.2. The summed E-state index contributed by atoms with van der Waals surface area (Å²) in [6.07, 6.45) is 6.61. The molecule has 49 heavy (non-hydrogen) atoms. The molecule has 0 aromatic carbocycles. The van der Waals surface area contributed by atoms with Gasteiger partial charge in [0.05, 0.1) is 46.8 Å². The zero-order valence-corrected chi connectivity index (χ0v) is 33.3. The summed E-state index contributed by atoms with van der Waals surface area (Å²) in [7, 11) is 1.25. The van der Waals surface area contributed by atoms with Crippen LogP contribution in [0.3, 0.4) is 0 Å². The molecule has 2 amide bonds. The molecular weight excluding hydrogens is 737 g/mol. The van der Waals surface area contributed by atoms with Gasteiger partial charge in [0.25, 0.3) is 11.8 Å². The summed E-state index contributed by atoms with van der Waals surface area (Å²) in [6, 6.07) is 2.59. The fraction of sp³-hybridized carbons (Fsp3) is 0.222. The number of amides is 2. The van der Waals surface area contributed by atoms with Gasteiger partial charge in [-0.05, 0) is 17.7 Å². The Bertz CT molecular complexity index is 1950. The molecule has 2 aliphatic rings. The Morgan fingerprint density at radius 2 is 2.02 bits per heavy atom. The number of aromatic carboxylic acids is 1. The average molecular weight is 758 g/mol. The molecule has 16 nitrogen and oxygen atoms in total. The first-order chi connectivity index (χ1) is 22.6. The molecule has 2 aliphatic heterocycles. The van der Waals surface area contributed by atoms with Gasteiger partial charge in [0, 0.05) is 41.0 Å². The van der Waals surface area contributed by atoms with E-state index >= 15 is 0 Å². The number of nitrogens with zero attached hydrogens (tertiary/aromatic N) is 7. The number of oxime groups is 1. The van der Waals surface area contributed by atoms with Crippen LogP contribution in [-0.4, -0.2) is 88.9 Å². The normalized spacial score (nSPS) is 17.0. The van der Waals surface area contributed by atoms with E-state index in [1.165, 1.54) is 24.3 Å². The SMILES string of the molecule is CO/N=C(/C(=O)N[C@@H]1C(=O)N2C(C(=O)[O-])=C(CSc3nc(Cn4cnc(-c5cccnc5)c4)c(C(=O)[O-])s3)CS[C@H]12)c1csc(N)n1.[Na+].[Na+]. The zero-order valence-electron chi connectivity index (χ0n) is 26.0. The number of nitrogens with one attached hydrogen (secondary N) is 1. The Kier molecular flexibility index (Phi) is 13.5. The minimum absolute atomic E-state index is 0. The number of imidazole rings is 1. The molecule has 0 bridgehead atoms. The summed E-state index contributed by atoms with van der Waals surface area (Å²) in [4.78, 5) is 73.0. The summed E-state index contributed by atoms with van der Waals surface area (Å²) in [5.41, 5.74) is 7.43. The number of β-lactam (4-membered cyclic amide) rings is 1. The molecule has 0 spiro atoms. The Morgan fingerprint density at radius 3 is 2.67 bits per heavy atom. The minimum Gasteiger partial charge on any atom is -0.544 e. The number of anilines is 1. The van der Waals surface area contributed by atoms with E-state index in [1.807, 2.05) is 6.07 Å². The molecule has 0 radical (unpaired) electrons. The van der Waals surface area contributed by atoms with Gasteiger partial charge < -0.3 is 40.3 Å². The first kappa shape index (κ1) is 39.0. The minimum atomic E-state index is -1.55. The first-order valence-corrected chi connectivity index (χ1v) is 17.1. The molecule has 242 valence electrons. The van der Waals surface area contributed by atoms with Crippen molar-refractivity contribution in [3.63, 3.8) is 0 Å². The second-order valence-corrected chi connectivity index (χ2v) is 14.0. The largest absolute Gasteiger partial charge is 1.00 e. The Balaban J connectivity index is 0.00000270. The van der Waals surface area contributed by atoms with Crippen molar-refractivity contribution in [3.8, 4) is 11.3 Å². The van der Waals surface area contributed by atoms with Crippen LogP contribution in [-0.2, 0) is 25.8 Å². The van der Waals surface area contributed by atoms with Crippen molar-refractivity contribution in [1.82, 2.24) is 34.7 Å². The predicted octanol–water partition coefficient (Wildman–Crippen LogP) is -6.59. The van der Waals surface area contributed by atoms with Gasteiger partial charge in [-0.2, -0.15) is 0 Å².